The number of aromatic nitrogens is 4. The van der Waals surface area contributed by atoms with E-state index in [4.69, 9.17) is 0 Å². The summed E-state index contributed by atoms with van der Waals surface area (Å²) in [7, 11) is 0. The Balaban J connectivity index is 1.79. The molecule has 2 aromatic rings. The molecule has 0 radical (unpaired) electrons. The monoisotopic (exact) mass is 330 g/mol. The van der Waals surface area contributed by atoms with Gasteiger partial charge >= 0.3 is 0 Å². The largest absolute Gasteiger partial charge is 0.354 e. The van der Waals surface area contributed by atoms with Crippen LogP contribution in [0.3, 0.4) is 0 Å². The lowest BCUT2D eigenvalue weighted by Crippen LogP contribution is -2.45. The van der Waals surface area contributed by atoms with Gasteiger partial charge in [0.2, 0.25) is 5.91 Å². The standard InChI is InChI=1S/C15H18N6O3/c1-9-10(8-17-21(9)12-5-6-13(22)20-19-12)14(23)18-11-4-2-3-7-16-15(11)24/h5-6,8,11H,2-4,7H2,1H3,(H,16,24)(H,18,23)(H,20,22)/t11-/m1/s1. The second-order valence-electron chi connectivity index (χ2n) is 5.65. The fourth-order valence-electron chi connectivity index (χ4n) is 2.63. The van der Waals surface area contributed by atoms with Crippen molar-refractivity contribution in [3.05, 3.63) is 39.9 Å². The maximum absolute atomic E-state index is 12.5. The number of rotatable bonds is 3. The highest BCUT2D eigenvalue weighted by atomic mass is 16.2. The molecule has 2 amide bonds. The molecule has 3 heterocycles. The molecule has 9 heteroatoms. The van der Waals surface area contributed by atoms with Crippen molar-refractivity contribution in [2.75, 3.05) is 6.54 Å². The minimum atomic E-state index is -0.533. The first-order valence-electron chi connectivity index (χ1n) is 7.75. The van der Waals surface area contributed by atoms with Crippen LogP contribution < -0.4 is 16.2 Å². The molecule has 9 nitrogen and oxygen atoms in total. The number of hydrogen-bond acceptors (Lipinski definition) is 5. The minimum Gasteiger partial charge on any atom is -0.354 e. The van der Waals surface area contributed by atoms with E-state index in [1.165, 1.54) is 23.0 Å². The summed E-state index contributed by atoms with van der Waals surface area (Å²) in [6.07, 6.45) is 3.83. The van der Waals surface area contributed by atoms with E-state index in [2.05, 4.69) is 25.9 Å². The second-order valence-corrected chi connectivity index (χ2v) is 5.65. The third kappa shape index (κ3) is 3.19. The SMILES string of the molecule is Cc1c(C(=O)N[C@@H]2CCCCNC2=O)cnn1-c1ccc(=O)[nH]n1. The van der Waals surface area contributed by atoms with Gasteiger partial charge in [-0.15, -0.1) is 0 Å². The first-order valence-corrected chi connectivity index (χ1v) is 7.75. The molecule has 1 saturated heterocycles. The molecule has 0 aliphatic carbocycles. The Morgan fingerprint density at radius 1 is 1.33 bits per heavy atom. The van der Waals surface area contributed by atoms with Crippen molar-refractivity contribution < 1.29 is 9.59 Å². The molecule has 3 rings (SSSR count). The van der Waals surface area contributed by atoms with E-state index >= 15 is 0 Å². The Hall–Kier alpha value is -2.97. The third-order valence-corrected chi connectivity index (χ3v) is 3.98. The van der Waals surface area contributed by atoms with Gasteiger partial charge in [0.1, 0.15) is 6.04 Å². The highest BCUT2D eigenvalue weighted by molar-refractivity contribution is 5.98. The van der Waals surface area contributed by atoms with Gasteiger partial charge in [0.05, 0.1) is 17.5 Å². The van der Waals surface area contributed by atoms with E-state index in [9.17, 15) is 14.4 Å². The molecule has 1 aliphatic heterocycles. The third-order valence-electron chi connectivity index (χ3n) is 3.98. The van der Waals surface area contributed by atoms with E-state index < -0.39 is 6.04 Å². The van der Waals surface area contributed by atoms with Crippen molar-refractivity contribution in [3.8, 4) is 5.82 Å². The summed E-state index contributed by atoms with van der Waals surface area (Å²) in [5, 5.41) is 15.9. The van der Waals surface area contributed by atoms with E-state index in [0.29, 0.717) is 30.0 Å². The lowest BCUT2D eigenvalue weighted by molar-refractivity contribution is -0.122. The average Bonchev–Trinajstić information content (AvgIpc) is 2.84. The number of nitrogens with one attached hydrogen (secondary N) is 3. The number of carbonyl (C=O) groups is 2. The van der Waals surface area contributed by atoms with Crippen LogP contribution in [0.5, 0.6) is 0 Å². The first-order chi connectivity index (χ1) is 11.6. The molecule has 0 spiro atoms. The maximum atomic E-state index is 12.5. The summed E-state index contributed by atoms with van der Waals surface area (Å²) in [6, 6.07) is 2.31. The number of carbonyl (C=O) groups excluding carboxylic acids is 2. The lowest BCUT2D eigenvalue weighted by Gasteiger charge is -2.15. The van der Waals surface area contributed by atoms with Gasteiger partial charge in [0.25, 0.3) is 11.5 Å². The number of hydrogen-bond donors (Lipinski definition) is 3. The molecule has 0 aromatic carbocycles. The fraction of sp³-hybridized carbons (Fsp3) is 0.400. The Kier molecular flexibility index (Phi) is 4.41. The Morgan fingerprint density at radius 2 is 2.17 bits per heavy atom. The summed E-state index contributed by atoms with van der Waals surface area (Å²) < 4.78 is 1.46. The van der Waals surface area contributed by atoms with Gasteiger partial charge in [-0.2, -0.15) is 10.2 Å². The van der Waals surface area contributed by atoms with Gasteiger partial charge in [0, 0.05) is 12.6 Å². The van der Waals surface area contributed by atoms with Crippen molar-refractivity contribution >= 4 is 11.8 Å². The van der Waals surface area contributed by atoms with Crippen LogP contribution in [0.15, 0.2) is 23.1 Å². The molecule has 1 aliphatic rings. The molecule has 0 bridgehead atoms. The van der Waals surface area contributed by atoms with Crippen molar-refractivity contribution in [3.63, 3.8) is 0 Å². The normalized spacial score (nSPS) is 17.9. The van der Waals surface area contributed by atoms with Crippen molar-refractivity contribution in [1.29, 1.82) is 0 Å². The zero-order valence-electron chi connectivity index (χ0n) is 13.2. The van der Waals surface area contributed by atoms with Gasteiger partial charge in [0.15, 0.2) is 5.82 Å². The number of H-pyrrole nitrogens is 1. The van der Waals surface area contributed by atoms with Gasteiger partial charge < -0.3 is 10.6 Å². The Labute approximate surface area is 137 Å². The minimum absolute atomic E-state index is 0.159. The smallest absolute Gasteiger partial charge is 0.264 e. The highest BCUT2D eigenvalue weighted by Crippen LogP contribution is 2.13. The van der Waals surface area contributed by atoms with Crippen LogP contribution >= 0.6 is 0 Å². The van der Waals surface area contributed by atoms with E-state index in [1.807, 2.05) is 0 Å². The molecular weight excluding hydrogens is 312 g/mol. The number of amides is 2. The zero-order chi connectivity index (χ0) is 17.1. The fourth-order valence-corrected chi connectivity index (χ4v) is 2.63. The van der Waals surface area contributed by atoms with Gasteiger partial charge in [-0.25, -0.2) is 9.78 Å². The van der Waals surface area contributed by atoms with Crippen LogP contribution in [0, 0.1) is 6.92 Å². The zero-order valence-corrected chi connectivity index (χ0v) is 13.2. The second kappa shape index (κ2) is 6.65. The Morgan fingerprint density at radius 3 is 2.92 bits per heavy atom. The quantitative estimate of drug-likeness (QED) is 0.711. The lowest BCUT2D eigenvalue weighted by atomic mass is 10.1. The van der Waals surface area contributed by atoms with E-state index in [0.717, 1.165) is 12.8 Å². The van der Waals surface area contributed by atoms with Crippen LogP contribution in [-0.2, 0) is 4.79 Å². The maximum Gasteiger partial charge on any atom is 0.264 e. The van der Waals surface area contributed by atoms with Crippen LogP contribution in [0.2, 0.25) is 0 Å². The topological polar surface area (TPSA) is 122 Å². The van der Waals surface area contributed by atoms with Crippen LogP contribution in [0.1, 0.15) is 35.3 Å². The first kappa shape index (κ1) is 15.9. The van der Waals surface area contributed by atoms with Crippen molar-refractivity contribution in [2.24, 2.45) is 0 Å². The predicted octanol–water partition coefficient (Wildman–Crippen LogP) is -0.337. The summed E-state index contributed by atoms with van der Waals surface area (Å²) in [4.78, 5) is 35.5. The molecular formula is C15H18N6O3. The molecule has 0 unspecified atom stereocenters. The molecule has 0 saturated carbocycles. The number of nitrogens with zero attached hydrogens (tertiary/aromatic N) is 3. The number of aromatic amines is 1. The van der Waals surface area contributed by atoms with E-state index in [1.54, 1.807) is 6.92 Å². The molecule has 1 fully saturated rings. The van der Waals surface area contributed by atoms with Crippen LogP contribution in [0.25, 0.3) is 5.82 Å². The average molecular weight is 330 g/mol. The summed E-state index contributed by atoms with van der Waals surface area (Å²) in [6.45, 7) is 2.36. The van der Waals surface area contributed by atoms with Crippen LogP contribution in [0.4, 0.5) is 0 Å². The molecule has 126 valence electrons. The predicted molar refractivity (Wildman–Crippen MR) is 84.8 cm³/mol. The van der Waals surface area contributed by atoms with Gasteiger partial charge in [-0.1, -0.05) is 0 Å². The molecule has 2 aromatic heterocycles. The van der Waals surface area contributed by atoms with Crippen molar-refractivity contribution in [2.45, 2.75) is 32.2 Å². The summed E-state index contributed by atoms with van der Waals surface area (Å²) >= 11 is 0. The summed E-state index contributed by atoms with van der Waals surface area (Å²) in [5.41, 5.74) is 0.613. The van der Waals surface area contributed by atoms with Gasteiger partial charge in [-0.3, -0.25) is 14.4 Å². The van der Waals surface area contributed by atoms with E-state index in [-0.39, 0.29) is 17.4 Å². The van der Waals surface area contributed by atoms with Gasteiger partial charge in [-0.05, 0) is 32.3 Å². The molecule has 3 N–H and O–H groups in total. The highest BCUT2D eigenvalue weighted by Gasteiger charge is 2.24. The summed E-state index contributed by atoms with van der Waals surface area (Å²) in [5.74, 6) is -0.114. The van der Waals surface area contributed by atoms with Crippen LogP contribution in [-0.4, -0.2) is 44.4 Å². The molecule has 24 heavy (non-hydrogen) atoms. The van der Waals surface area contributed by atoms with Crippen molar-refractivity contribution in [1.82, 2.24) is 30.6 Å². The Bertz CT molecular complexity index is 804. The molecule has 1 atom stereocenters.